The van der Waals surface area contributed by atoms with Gasteiger partial charge >= 0.3 is 0 Å². The SMILES string of the molecule is O=C(C=Cc1cccc(F)c1)N1CCN(Cc2ccc3c(c2)OCO3)CC1. The number of carbonyl (C=O) groups is 1. The minimum Gasteiger partial charge on any atom is -0.454 e. The maximum absolute atomic E-state index is 13.2. The van der Waals surface area contributed by atoms with E-state index in [4.69, 9.17) is 9.47 Å². The average Bonchev–Trinajstić information content (AvgIpc) is 3.15. The molecule has 0 spiro atoms. The van der Waals surface area contributed by atoms with Crippen LogP contribution in [0.1, 0.15) is 11.1 Å². The van der Waals surface area contributed by atoms with Crippen molar-refractivity contribution in [1.29, 1.82) is 0 Å². The fraction of sp³-hybridized carbons (Fsp3) is 0.286. The highest BCUT2D eigenvalue weighted by molar-refractivity contribution is 5.91. The second-order valence-corrected chi connectivity index (χ2v) is 6.68. The minimum atomic E-state index is -0.304. The van der Waals surface area contributed by atoms with Gasteiger partial charge < -0.3 is 14.4 Å². The average molecular weight is 368 g/mol. The van der Waals surface area contributed by atoms with E-state index >= 15 is 0 Å². The molecular weight excluding hydrogens is 347 g/mol. The monoisotopic (exact) mass is 368 g/mol. The molecule has 2 heterocycles. The number of hydrogen-bond acceptors (Lipinski definition) is 4. The Morgan fingerprint density at radius 1 is 1.04 bits per heavy atom. The van der Waals surface area contributed by atoms with Crippen molar-refractivity contribution in [3.05, 3.63) is 65.5 Å². The summed E-state index contributed by atoms with van der Waals surface area (Å²) < 4.78 is 24.0. The Labute approximate surface area is 157 Å². The van der Waals surface area contributed by atoms with Gasteiger partial charge in [-0.3, -0.25) is 9.69 Å². The van der Waals surface area contributed by atoms with E-state index in [0.717, 1.165) is 31.1 Å². The van der Waals surface area contributed by atoms with Crippen molar-refractivity contribution in [2.24, 2.45) is 0 Å². The zero-order valence-electron chi connectivity index (χ0n) is 14.9. The molecule has 4 rings (SSSR count). The number of carbonyl (C=O) groups excluding carboxylic acids is 1. The van der Waals surface area contributed by atoms with Crippen molar-refractivity contribution < 1.29 is 18.7 Å². The lowest BCUT2D eigenvalue weighted by Crippen LogP contribution is -2.47. The first-order valence-corrected chi connectivity index (χ1v) is 9.01. The Bertz CT molecular complexity index is 860. The van der Waals surface area contributed by atoms with E-state index in [1.165, 1.54) is 23.8 Å². The van der Waals surface area contributed by atoms with Crippen LogP contribution in [0.3, 0.4) is 0 Å². The van der Waals surface area contributed by atoms with E-state index in [1.54, 1.807) is 18.2 Å². The van der Waals surface area contributed by atoms with Gasteiger partial charge in [0.05, 0.1) is 0 Å². The van der Waals surface area contributed by atoms with Crippen LogP contribution >= 0.6 is 0 Å². The molecule has 6 heteroatoms. The summed E-state index contributed by atoms with van der Waals surface area (Å²) in [6.07, 6.45) is 3.17. The topological polar surface area (TPSA) is 42.0 Å². The molecule has 1 fully saturated rings. The van der Waals surface area contributed by atoms with Crippen LogP contribution in [-0.2, 0) is 11.3 Å². The van der Waals surface area contributed by atoms with Crippen molar-refractivity contribution >= 4 is 12.0 Å². The van der Waals surface area contributed by atoms with Gasteiger partial charge in [-0.2, -0.15) is 0 Å². The zero-order valence-corrected chi connectivity index (χ0v) is 14.9. The Kier molecular flexibility index (Phi) is 5.07. The molecule has 2 aromatic carbocycles. The summed E-state index contributed by atoms with van der Waals surface area (Å²) in [5, 5.41) is 0. The molecule has 2 aliphatic rings. The van der Waals surface area contributed by atoms with Gasteiger partial charge in [0.15, 0.2) is 11.5 Å². The molecule has 0 N–H and O–H groups in total. The zero-order chi connectivity index (χ0) is 18.6. The molecule has 0 bridgehead atoms. The molecule has 27 heavy (non-hydrogen) atoms. The Balaban J connectivity index is 1.29. The standard InChI is InChI=1S/C21H21FN2O3/c22-18-3-1-2-16(12-18)5-7-21(25)24-10-8-23(9-11-24)14-17-4-6-19-20(13-17)27-15-26-19/h1-7,12-13H,8-11,14-15H2. The van der Waals surface area contributed by atoms with E-state index < -0.39 is 0 Å². The lowest BCUT2D eigenvalue weighted by Gasteiger charge is -2.34. The number of nitrogens with zero attached hydrogens (tertiary/aromatic N) is 2. The maximum atomic E-state index is 13.2. The van der Waals surface area contributed by atoms with Gasteiger partial charge in [0.25, 0.3) is 0 Å². The quantitative estimate of drug-likeness (QED) is 0.779. The van der Waals surface area contributed by atoms with Gasteiger partial charge in [0, 0.05) is 38.8 Å². The fourth-order valence-corrected chi connectivity index (χ4v) is 3.31. The summed E-state index contributed by atoms with van der Waals surface area (Å²) in [7, 11) is 0. The van der Waals surface area contributed by atoms with Gasteiger partial charge in [-0.15, -0.1) is 0 Å². The first kappa shape index (κ1) is 17.5. The number of rotatable bonds is 4. The van der Waals surface area contributed by atoms with Crippen LogP contribution in [0.5, 0.6) is 11.5 Å². The largest absolute Gasteiger partial charge is 0.454 e. The fourth-order valence-electron chi connectivity index (χ4n) is 3.31. The molecule has 1 saturated heterocycles. The molecular formula is C21H21FN2O3. The van der Waals surface area contributed by atoms with Crippen molar-refractivity contribution in [3.63, 3.8) is 0 Å². The third-order valence-electron chi connectivity index (χ3n) is 4.79. The van der Waals surface area contributed by atoms with Crippen molar-refractivity contribution in [3.8, 4) is 11.5 Å². The van der Waals surface area contributed by atoms with Gasteiger partial charge in [-0.1, -0.05) is 18.2 Å². The highest BCUT2D eigenvalue weighted by Gasteiger charge is 2.20. The molecule has 0 aromatic heterocycles. The highest BCUT2D eigenvalue weighted by Crippen LogP contribution is 2.32. The maximum Gasteiger partial charge on any atom is 0.246 e. The smallest absolute Gasteiger partial charge is 0.246 e. The third kappa shape index (κ3) is 4.28. The molecule has 0 radical (unpaired) electrons. The minimum absolute atomic E-state index is 0.0398. The first-order valence-electron chi connectivity index (χ1n) is 9.01. The molecule has 2 aliphatic heterocycles. The van der Waals surface area contributed by atoms with Crippen LogP contribution in [0.4, 0.5) is 4.39 Å². The second-order valence-electron chi connectivity index (χ2n) is 6.68. The third-order valence-corrected chi connectivity index (χ3v) is 4.79. The number of benzene rings is 2. The Hall–Kier alpha value is -2.86. The lowest BCUT2D eigenvalue weighted by atomic mass is 10.1. The van der Waals surface area contributed by atoms with E-state index in [1.807, 2.05) is 23.1 Å². The summed E-state index contributed by atoms with van der Waals surface area (Å²) in [5.41, 5.74) is 1.86. The van der Waals surface area contributed by atoms with Gasteiger partial charge in [0.1, 0.15) is 5.82 Å². The lowest BCUT2D eigenvalue weighted by molar-refractivity contribution is -0.127. The molecule has 2 aromatic rings. The van der Waals surface area contributed by atoms with Crippen LogP contribution in [0.2, 0.25) is 0 Å². The molecule has 0 aliphatic carbocycles. The van der Waals surface area contributed by atoms with Crippen molar-refractivity contribution in [2.45, 2.75) is 6.54 Å². The predicted molar refractivity (Wildman–Crippen MR) is 99.9 cm³/mol. The second kappa shape index (κ2) is 7.80. The van der Waals surface area contributed by atoms with E-state index in [0.29, 0.717) is 18.7 Å². The number of fused-ring (bicyclic) bond motifs is 1. The summed E-state index contributed by atoms with van der Waals surface area (Å²) in [6.45, 7) is 4.08. The van der Waals surface area contributed by atoms with E-state index in [9.17, 15) is 9.18 Å². The molecule has 0 saturated carbocycles. The Morgan fingerprint density at radius 2 is 1.85 bits per heavy atom. The number of ether oxygens (including phenoxy) is 2. The number of halogens is 1. The van der Waals surface area contributed by atoms with Crippen molar-refractivity contribution in [2.75, 3.05) is 33.0 Å². The van der Waals surface area contributed by atoms with Gasteiger partial charge in [-0.25, -0.2) is 4.39 Å². The van der Waals surface area contributed by atoms with Gasteiger partial charge in [-0.05, 0) is 41.5 Å². The summed E-state index contributed by atoms with van der Waals surface area (Å²) in [4.78, 5) is 16.5. The van der Waals surface area contributed by atoms with Crippen LogP contribution in [-0.4, -0.2) is 48.7 Å². The molecule has 0 unspecified atom stereocenters. The van der Waals surface area contributed by atoms with Gasteiger partial charge in [0.2, 0.25) is 12.7 Å². The van der Waals surface area contributed by atoms with Crippen molar-refractivity contribution in [1.82, 2.24) is 9.80 Å². The molecule has 140 valence electrons. The molecule has 1 amide bonds. The Morgan fingerprint density at radius 3 is 2.67 bits per heavy atom. The molecule has 5 nitrogen and oxygen atoms in total. The van der Waals surface area contributed by atoms with Crippen LogP contribution in [0.25, 0.3) is 6.08 Å². The summed E-state index contributed by atoms with van der Waals surface area (Å²) in [6, 6.07) is 12.2. The number of hydrogen-bond donors (Lipinski definition) is 0. The van der Waals surface area contributed by atoms with Crippen LogP contribution in [0, 0.1) is 5.82 Å². The number of amides is 1. The normalized spacial score (nSPS) is 16.9. The molecule has 0 atom stereocenters. The van der Waals surface area contributed by atoms with Crippen LogP contribution in [0.15, 0.2) is 48.5 Å². The van der Waals surface area contributed by atoms with Crippen LogP contribution < -0.4 is 9.47 Å². The highest BCUT2D eigenvalue weighted by atomic mass is 19.1. The van der Waals surface area contributed by atoms with E-state index in [-0.39, 0.29) is 18.5 Å². The van der Waals surface area contributed by atoms with E-state index in [2.05, 4.69) is 4.90 Å². The summed E-state index contributed by atoms with van der Waals surface area (Å²) >= 11 is 0. The summed E-state index contributed by atoms with van der Waals surface area (Å²) in [5.74, 6) is 1.24. The first-order chi connectivity index (χ1) is 13.2. The number of piperazine rings is 1. The predicted octanol–water partition coefficient (Wildman–Crippen LogP) is 2.91.